The number of ether oxygens (including phenoxy) is 2. The molecule has 0 amide bonds. The van der Waals surface area contributed by atoms with Gasteiger partial charge in [-0.1, -0.05) is 25.6 Å². The quantitative estimate of drug-likeness (QED) is 0.254. The Morgan fingerprint density at radius 3 is 2.33 bits per heavy atom. The first-order chi connectivity index (χ1) is 10.0. The van der Waals surface area contributed by atoms with Crippen LogP contribution < -0.4 is 0 Å². The Morgan fingerprint density at radius 2 is 1.90 bits per heavy atom. The minimum atomic E-state index is -0.473. The van der Waals surface area contributed by atoms with E-state index in [4.69, 9.17) is 0 Å². The summed E-state index contributed by atoms with van der Waals surface area (Å²) in [6, 6.07) is 8.71. The molecule has 1 rings (SSSR count). The highest BCUT2D eigenvalue weighted by atomic mass is 32.2. The van der Waals surface area contributed by atoms with Gasteiger partial charge in [-0.25, -0.2) is 4.79 Å². The van der Waals surface area contributed by atoms with Crippen LogP contribution >= 0.6 is 11.8 Å². The number of carbonyl (C=O) groups excluding carboxylic acids is 2. The maximum Gasteiger partial charge on any atom is 0.333 e. The van der Waals surface area contributed by atoms with Gasteiger partial charge in [0.05, 0.1) is 0 Å². The van der Waals surface area contributed by atoms with Gasteiger partial charge in [0.1, 0.15) is 13.2 Å². The van der Waals surface area contributed by atoms with Crippen molar-refractivity contribution in [1.82, 2.24) is 0 Å². The predicted octanol–water partition coefficient (Wildman–Crippen LogP) is 3.25. The van der Waals surface area contributed by atoms with Gasteiger partial charge in [0.25, 0.3) is 6.47 Å². The van der Waals surface area contributed by atoms with Crippen molar-refractivity contribution in [3.8, 4) is 0 Å². The second-order valence-electron chi connectivity index (χ2n) is 4.08. The zero-order valence-electron chi connectivity index (χ0n) is 12.8. The van der Waals surface area contributed by atoms with Gasteiger partial charge in [-0.3, -0.25) is 4.79 Å². The SMILES string of the molecule is C=C(C)C(=O)OCCOC=O.CCc1ccc(SC)cc1. The number of carbonyl (C=O) groups is 2. The van der Waals surface area contributed by atoms with Gasteiger partial charge < -0.3 is 9.47 Å². The van der Waals surface area contributed by atoms with E-state index in [1.165, 1.54) is 10.5 Å². The lowest BCUT2D eigenvalue weighted by atomic mass is 10.2. The van der Waals surface area contributed by atoms with Gasteiger partial charge in [0.15, 0.2) is 0 Å². The fourth-order valence-corrected chi connectivity index (χ4v) is 1.62. The van der Waals surface area contributed by atoms with E-state index in [0.29, 0.717) is 12.0 Å². The molecule has 0 aliphatic rings. The van der Waals surface area contributed by atoms with Gasteiger partial charge in [-0.15, -0.1) is 11.8 Å². The van der Waals surface area contributed by atoms with Crippen molar-refractivity contribution in [2.75, 3.05) is 19.5 Å². The maximum atomic E-state index is 10.6. The maximum absolute atomic E-state index is 10.6. The molecule has 5 heteroatoms. The van der Waals surface area contributed by atoms with Crippen LogP contribution in [0.15, 0.2) is 41.3 Å². The smallest absolute Gasteiger partial charge is 0.333 e. The van der Waals surface area contributed by atoms with Crippen molar-refractivity contribution in [3.63, 3.8) is 0 Å². The van der Waals surface area contributed by atoms with Crippen molar-refractivity contribution < 1.29 is 19.1 Å². The highest BCUT2D eigenvalue weighted by molar-refractivity contribution is 7.98. The van der Waals surface area contributed by atoms with Gasteiger partial charge >= 0.3 is 5.97 Å². The summed E-state index contributed by atoms with van der Waals surface area (Å²) in [6.07, 6.45) is 3.23. The Bertz CT molecular complexity index is 417. The summed E-state index contributed by atoms with van der Waals surface area (Å²) in [5.74, 6) is -0.473. The number of rotatable bonds is 7. The summed E-state index contributed by atoms with van der Waals surface area (Å²) < 4.78 is 8.86. The molecule has 0 radical (unpaired) electrons. The fourth-order valence-electron chi connectivity index (χ4n) is 1.22. The molecular formula is C16H22O4S. The fraction of sp³-hybridized carbons (Fsp3) is 0.375. The predicted molar refractivity (Wildman–Crippen MR) is 85.4 cm³/mol. The highest BCUT2D eigenvalue weighted by Gasteiger charge is 2.01. The molecule has 0 saturated carbocycles. The largest absolute Gasteiger partial charge is 0.464 e. The Balaban J connectivity index is 0.000000382. The first kappa shape index (κ1) is 19.2. The standard InChI is InChI=1S/C9H12S.C7H10O4/c1-3-8-4-6-9(10-2)7-5-8;1-6(2)7(9)11-4-3-10-5-8/h4-7H,3H2,1-2H3;5H,1,3-4H2,2H3. The lowest BCUT2D eigenvalue weighted by molar-refractivity contribution is -0.143. The molecule has 0 heterocycles. The molecule has 1 aromatic carbocycles. The van der Waals surface area contributed by atoms with Crippen molar-refractivity contribution in [2.45, 2.75) is 25.2 Å². The number of aryl methyl sites for hydroxylation is 1. The van der Waals surface area contributed by atoms with Crippen LogP contribution in [0.5, 0.6) is 0 Å². The van der Waals surface area contributed by atoms with Crippen molar-refractivity contribution in [1.29, 1.82) is 0 Å². The van der Waals surface area contributed by atoms with E-state index < -0.39 is 5.97 Å². The molecule has 0 spiro atoms. The van der Waals surface area contributed by atoms with E-state index in [2.05, 4.69) is 53.5 Å². The van der Waals surface area contributed by atoms with E-state index in [9.17, 15) is 9.59 Å². The number of hydrogen-bond donors (Lipinski definition) is 0. The summed E-state index contributed by atoms with van der Waals surface area (Å²) in [5, 5.41) is 0. The number of benzene rings is 1. The average molecular weight is 310 g/mol. The molecule has 1 aromatic rings. The molecule has 0 fully saturated rings. The van der Waals surface area contributed by atoms with Crippen LogP contribution in [-0.2, 0) is 25.5 Å². The lowest BCUT2D eigenvalue weighted by Crippen LogP contribution is -2.10. The zero-order valence-corrected chi connectivity index (χ0v) is 13.6. The van der Waals surface area contributed by atoms with Crippen LogP contribution in [0, 0.1) is 0 Å². The molecule has 21 heavy (non-hydrogen) atoms. The van der Waals surface area contributed by atoms with E-state index in [0.717, 1.165) is 6.42 Å². The Labute approximate surface area is 130 Å². The Kier molecular flexibility index (Phi) is 11.0. The lowest BCUT2D eigenvalue weighted by Gasteiger charge is -2.01. The normalized spacial score (nSPS) is 9.10. The van der Waals surface area contributed by atoms with Gasteiger partial charge in [-0.05, 0) is 37.3 Å². The van der Waals surface area contributed by atoms with Crippen LogP contribution in [0.25, 0.3) is 0 Å². The third kappa shape index (κ3) is 9.73. The van der Waals surface area contributed by atoms with Gasteiger partial charge in [-0.2, -0.15) is 0 Å². The van der Waals surface area contributed by atoms with Crippen molar-refractivity contribution >= 4 is 24.2 Å². The van der Waals surface area contributed by atoms with E-state index >= 15 is 0 Å². The number of esters is 1. The first-order valence-corrected chi connectivity index (χ1v) is 7.78. The highest BCUT2D eigenvalue weighted by Crippen LogP contribution is 2.14. The molecule has 4 nitrogen and oxygen atoms in total. The third-order valence-electron chi connectivity index (χ3n) is 2.42. The van der Waals surface area contributed by atoms with E-state index in [-0.39, 0.29) is 13.2 Å². The molecule has 0 N–H and O–H groups in total. The average Bonchev–Trinajstić information content (AvgIpc) is 2.52. The molecule has 0 saturated heterocycles. The van der Waals surface area contributed by atoms with Crippen LogP contribution in [0.1, 0.15) is 19.4 Å². The summed E-state index contributed by atoms with van der Waals surface area (Å²) in [5.41, 5.74) is 1.74. The summed E-state index contributed by atoms with van der Waals surface area (Å²) >= 11 is 1.79. The minimum Gasteiger partial charge on any atom is -0.464 e. The molecule has 0 atom stereocenters. The van der Waals surface area contributed by atoms with Crippen LogP contribution in [0.2, 0.25) is 0 Å². The monoisotopic (exact) mass is 310 g/mol. The van der Waals surface area contributed by atoms with Gasteiger partial charge in [0, 0.05) is 10.5 Å². The van der Waals surface area contributed by atoms with Crippen LogP contribution in [0.4, 0.5) is 0 Å². The summed E-state index contributed by atoms with van der Waals surface area (Å²) in [7, 11) is 0. The molecule has 0 aliphatic heterocycles. The summed E-state index contributed by atoms with van der Waals surface area (Å²) in [6.45, 7) is 7.55. The summed E-state index contributed by atoms with van der Waals surface area (Å²) in [4.78, 5) is 21.6. The van der Waals surface area contributed by atoms with Crippen molar-refractivity contribution in [2.24, 2.45) is 0 Å². The molecule has 0 aromatic heterocycles. The third-order valence-corrected chi connectivity index (χ3v) is 3.16. The number of hydrogen-bond acceptors (Lipinski definition) is 5. The van der Waals surface area contributed by atoms with E-state index in [1.807, 2.05) is 0 Å². The molecule has 0 bridgehead atoms. The Hall–Kier alpha value is -1.75. The molecule has 0 aliphatic carbocycles. The first-order valence-electron chi connectivity index (χ1n) is 6.55. The van der Waals surface area contributed by atoms with E-state index in [1.54, 1.807) is 18.7 Å². The molecule has 0 unspecified atom stereocenters. The topological polar surface area (TPSA) is 52.6 Å². The van der Waals surface area contributed by atoms with Gasteiger partial charge in [0.2, 0.25) is 0 Å². The van der Waals surface area contributed by atoms with Crippen LogP contribution in [0.3, 0.4) is 0 Å². The second kappa shape index (κ2) is 12.0. The molecule has 116 valence electrons. The molecular weight excluding hydrogens is 288 g/mol. The van der Waals surface area contributed by atoms with Crippen LogP contribution in [-0.4, -0.2) is 31.9 Å². The minimum absolute atomic E-state index is 0.0738. The second-order valence-corrected chi connectivity index (χ2v) is 4.96. The number of thioether (sulfide) groups is 1. The zero-order chi connectivity index (χ0) is 16.1. The Morgan fingerprint density at radius 1 is 1.29 bits per heavy atom. The van der Waals surface area contributed by atoms with Crippen molar-refractivity contribution in [3.05, 3.63) is 42.0 Å².